The summed E-state index contributed by atoms with van der Waals surface area (Å²) in [5.74, 6) is 0.605. The van der Waals surface area contributed by atoms with E-state index in [1.165, 1.54) is 16.5 Å². The van der Waals surface area contributed by atoms with Crippen LogP contribution in [-0.2, 0) is 13.0 Å². The number of ether oxygens (including phenoxy) is 1. The lowest BCUT2D eigenvalue weighted by atomic mass is 10.1. The molecule has 1 atom stereocenters. The molecule has 0 saturated heterocycles. The fourth-order valence-corrected chi connectivity index (χ4v) is 2.59. The van der Waals surface area contributed by atoms with Crippen LogP contribution in [0.15, 0.2) is 42.5 Å². The van der Waals surface area contributed by atoms with Gasteiger partial charge in [-0.05, 0) is 35.9 Å². The minimum atomic E-state index is -0.202. The second-order valence-corrected chi connectivity index (χ2v) is 5.53. The molecule has 1 aliphatic rings. The zero-order chi connectivity index (χ0) is 13.9. The molecule has 2 nitrogen and oxygen atoms in total. The zero-order valence-electron chi connectivity index (χ0n) is 11.0. The summed E-state index contributed by atoms with van der Waals surface area (Å²) in [4.78, 5) is 1.30. The summed E-state index contributed by atoms with van der Waals surface area (Å²) >= 11 is 5.87. The Morgan fingerprint density at radius 3 is 2.75 bits per heavy atom. The number of nitrogens with one attached hydrogen (secondary N) is 1. The molecule has 0 saturated carbocycles. The number of hydrogen-bond acceptors (Lipinski definition) is 1. The summed E-state index contributed by atoms with van der Waals surface area (Å²) < 4.78 is 18.9. The van der Waals surface area contributed by atoms with Crippen LogP contribution in [0.3, 0.4) is 0 Å². The Hall–Kier alpha value is -1.58. The average molecular weight is 293 g/mol. The maximum atomic E-state index is 13.2. The molecule has 1 heterocycles. The average Bonchev–Trinajstić information content (AvgIpc) is 2.46. The lowest BCUT2D eigenvalue weighted by Crippen LogP contribution is -3.12. The molecular weight excluding hydrogens is 277 g/mol. The molecular formula is C16H16ClFNO+. The third-order valence-corrected chi connectivity index (χ3v) is 3.83. The molecule has 1 unspecified atom stereocenters. The minimum Gasteiger partial charge on any atom is -0.445 e. The monoisotopic (exact) mass is 292 g/mol. The van der Waals surface area contributed by atoms with Gasteiger partial charge in [-0.15, -0.1) is 0 Å². The number of quaternary nitrogens is 1. The first-order valence-corrected chi connectivity index (χ1v) is 7.08. The highest BCUT2D eigenvalue weighted by molar-refractivity contribution is 6.30. The molecule has 20 heavy (non-hydrogen) atoms. The van der Waals surface area contributed by atoms with Gasteiger partial charge in [0.1, 0.15) is 18.1 Å². The molecule has 0 fully saturated rings. The SMILES string of the molecule is Fc1ccc2c(c1)C[NH+](CCc1ccc(Cl)cc1)CO2. The summed E-state index contributed by atoms with van der Waals surface area (Å²) in [6.45, 7) is 2.39. The molecule has 4 heteroatoms. The van der Waals surface area contributed by atoms with Crippen molar-refractivity contribution < 1.29 is 14.0 Å². The molecule has 0 spiro atoms. The molecule has 2 aromatic rings. The molecule has 3 rings (SSSR count). The van der Waals surface area contributed by atoms with Crippen LogP contribution in [0, 0.1) is 5.82 Å². The predicted octanol–water partition coefficient (Wildman–Crippen LogP) is 2.46. The van der Waals surface area contributed by atoms with Gasteiger partial charge in [0, 0.05) is 11.4 Å². The van der Waals surface area contributed by atoms with E-state index in [4.69, 9.17) is 16.3 Å². The first-order chi connectivity index (χ1) is 9.70. The van der Waals surface area contributed by atoms with Crippen molar-refractivity contribution in [2.75, 3.05) is 13.3 Å². The summed E-state index contributed by atoms with van der Waals surface area (Å²) in [6.07, 6.45) is 0.959. The molecule has 0 radical (unpaired) electrons. The van der Waals surface area contributed by atoms with Crippen LogP contribution in [0.1, 0.15) is 11.1 Å². The Morgan fingerprint density at radius 1 is 1.15 bits per heavy atom. The molecule has 2 aromatic carbocycles. The Morgan fingerprint density at radius 2 is 1.95 bits per heavy atom. The standard InChI is InChI=1S/C16H15ClFNO/c17-14-3-1-12(2-4-14)7-8-19-10-13-9-15(18)5-6-16(13)20-11-19/h1-6,9H,7-8,10-11H2/p+1. The third-order valence-electron chi connectivity index (χ3n) is 3.58. The second kappa shape index (κ2) is 5.81. The number of rotatable bonds is 3. The van der Waals surface area contributed by atoms with Crippen molar-refractivity contribution in [3.05, 3.63) is 64.4 Å². The van der Waals surface area contributed by atoms with Crippen LogP contribution in [0.4, 0.5) is 4.39 Å². The van der Waals surface area contributed by atoms with E-state index < -0.39 is 0 Å². The first kappa shape index (κ1) is 13.4. The van der Waals surface area contributed by atoms with E-state index in [-0.39, 0.29) is 5.82 Å². The quantitative estimate of drug-likeness (QED) is 0.917. The van der Waals surface area contributed by atoms with E-state index in [1.54, 1.807) is 12.1 Å². The van der Waals surface area contributed by atoms with Crippen molar-refractivity contribution >= 4 is 11.6 Å². The summed E-state index contributed by atoms with van der Waals surface area (Å²) in [6, 6.07) is 12.6. The Bertz CT molecular complexity index is 600. The summed E-state index contributed by atoms with van der Waals surface area (Å²) in [5, 5.41) is 0.756. The van der Waals surface area contributed by atoms with Crippen LogP contribution < -0.4 is 9.64 Å². The number of halogens is 2. The molecule has 0 aliphatic carbocycles. The van der Waals surface area contributed by atoms with Crippen molar-refractivity contribution in [3.8, 4) is 5.75 Å². The molecule has 0 aromatic heterocycles. The lowest BCUT2D eigenvalue weighted by Gasteiger charge is -2.26. The smallest absolute Gasteiger partial charge is 0.222 e. The van der Waals surface area contributed by atoms with Gasteiger partial charge in [0.05, 0.1) is 12.1 Å². The zero-order valence-corrected chi connectivity index (χ0v) is 11.8. The van der Waals surface area contributed by atoms with E-state index >= 15 is 0 Å². The van der Waals surface area contributed by atoms with E-state index in [2.05, 4.69) is 0 Å². The van der Waals surface area contributed by atoms with Gasteiger partial charge in [-0.3, -0.25) is 4.90 Å². The van der Waals surface area contributed by atoms with Gasteiger partial charge >= 0.3 is 0 Å². The van der Waals surface area contributed by atoms with Crippen LogP contribution >= 0.6 is 11.6 Å². The van der Waals surface area contributed by atoms with E-state index in [0.29, 0.717) is 6.73 Å². The van der Waals surface area contributed by atoms with E-state index in [1.807, 2.05) is 24.3 Å². The summed E-state index contributed by atoms with van der Waals surface area (Å²) in [7, 11) is 0. The third kappa shape index (κ3) is 3.11. The molecule has 1 aliphatic heterocycles. The van der Waals surface area contributed by atoms with Crippen LogP contribution in [0.2, 0.25) is 5.02 Å². The van der Waals surface area contributed by atoms with Gasteiger partial charge in [0.2, 0.25) is 6.73 Å². The van der Waals surface area contributed by atoms with Gasteiger partial charge in [-0.2, -0.15) is 0 Å². The highest BCUT2D eigenvalue weighted by Gasteiger charge is 2.20. The normalized spacial score (nSPS) is 17.4. The molecule has 0 bridgehead atoms. The molecule has 104 valence electrons. The van der Waals surface area contributed by atoms with Crippen molar-refractivity contribution in [2.45, 2.75) is 13.0 Å². The number of benzene rings is 2. The van der Waals surface area contributed by atoms with E-state index in [0.717, 1.165) is 35.8 Å². The van der Waals surface area contributed by atoms with Crippen molar-refractivity contribution in [1.82, 2.24) is 0 Å². The fraction of sp³-hybridized carbons (Fsp3) is 0.250. The van der Waals surface area contributed by atoms with Gasteiger partial charge in [0.15, 0.2) is 0 Å². The second-order valence-electron chi connectivity index (χ2n) is 5.09. The van der Waals surface area contributed by atoms with Crippen molar-refractivity contribution in [2.24, 2.45) is 0 Å². The van der Waals surface area contributed by atoms with Gasteiger partial charge in [0.25, 0.3) is 0 Å². The van der Waals surface area contributed by atoms with E-state index in [9.17, 15) is 4.39 Å². The Balaban J connectivity index is 1.61. The Kier molecular flexibility index (Phi) is 3.90. The van der Waals surface area contributed by atoms with Crippen molar-refractivity contribution in [3.63, 3.8) is 0 Å². The largest absolute Gasteiger partial charge is 0.445 e. The van der Waals surface area contributed by atoms with Gasteiger partial charge < -0.3 is 4.74 Å². The predicted molar refractivity (Wildman–Crippen MR) is 76.6 cm³/mol. The Labute approximate surface area is 122 Å². The van der Waals surface area contributed by atoms with Gasteiger partial charge in [-0.1, -0.05) is 23.7 Å². The lowest BCUT2D eigenvalue weighted by molar-refractivity contribution is -0.932. The number of hydrogen-bond donors (Lipinski definition) is 1. The highest BCUT2D eigenvalue weighted by atomic mass is 35.5. The van der Waals surface area contributed by atoms with Crippen LogP contribution in [0.5, 0.6) is 5.75 Å². The first-order valence-electron chi connectivity index (χ1n) is 6.70. The van der Waals surface area contributed by atoms with Crippen molar-refractivity contribution in [1.29, 1.82) is 0 Å². The van der Waals surface area contributed by atoms with Crippen LogP contribution in [-0.4, -0.2) is 13.3 Å². The minimum absolute atomic E-state index is 0.202. The van der Waals surface area contributed by atoms with Crippen LogP contribution in [0.25, 0.3) is 0 Å². The number of fused-ring (bicyclic) bond motifs is 1. The fourth-order valence-electron chi connectivity index (χ4n) is 2.46. The topological polar surface area (TPSA) is 13.7 Å². The molecule has 1 N–H and O–H groups in total. The molecule has 0 amide bonds. The maximum Gasteiger partial charge on any atom is 0.222 e. The summed E-state index contributed by atoms with van der Waals surface area (Å²) in [5.41, 5.74) is 2.20. The highest BCUT2D eigenvalue weighted by Crippen LogP contribution is 2.20. The van der Waals surface area contributed by atoms with Gasteiger partial charge in [-0.25, -0.2) is 4.39 Å². The maximum absolute atomic E-state index is 13.2.